The molecule has 2 aromatic heterocycles. The molecule has 4 nitrogen and oxygen atoms in total. The molecule has 0 N–H and O–H groups in total. The largest absolute Gasteiger partial charge is 0.338 e. The number of thiophene rings is 1. The fraction of sp³-hybridized carbons (Fsp3) is 0.579. The van der Waals surface area contributed by atoms with Crippen molar-refractivity contribution in [3.63, 3.8) is 0 Å². The number of carbonyl (C=O) groups is 1. The average Bonchev–Trinajstić information content (AvgIpc) is 3.29. The Morgan fingerprint density at radius 3 is 2.88 bits per heavy atom. The van der Waals surface area contributed by atoms with E-state index in [0.29, 0.717) is 0 Å². The van der Waals surface area contributed by atoms with Crippen LogP contribution in [0.3, 0.4) is 0 Å². The van der Waals surface area contributed by atoms with Crippen molar-refractivity contribution >= 4 is 17.2 Å². The van der Waals surface area contributed by atoms with E-state index in [-0.39, 0.29) is 5.91 Å². The normalized spacial score (nSPS) is 18.6. The van der Waals surface area contributed by atoms with Crippen LogP contribution in [0.15, 0.2) is 23.8 Å². The van der Waals surface area contributed by atoms with Gasteiger partial charge in [-0.05, 0) is 73.4 Å². The molecule has 1 aliphatic carbocycles. The number of aryl methyl sites for hydroxylation is 2. The van der Waals surface area contributed by atoms with Gasteiger partial charge in [0.1, 0.15) is 0 Å². The fourth-order valence-corrected chi connectivity index (χ4v) is 5.14. The Balaban J connectivity index is 1.32. The minimum Gasteiger partial charge on any atom is -0.338 e. The van der Waals surface area contributed by atoms with E-state index in [1.54, 1.807) is 11.3 Å². The standard InChI is InChI=1S/C19H25N3OS/c23-19(18-17-5-2-1-4-16(17)14-24-18)21-11-6-15(7-12-21)8-13-22-10-3-9-20-22/h3,9-10,14-15H,1-2,4-8,11-13H2. The van der Waals surface area contributed by atoms with E-state index < -0.39 is 0 Å². The number of hydrogen-bond donors (Lipinski definition) is 0. The Hall–Kier alpha value is -1.62. The van der Waals surface area contributed by atoms with Crippen LogP contribution in [0.4, 0.5) is 0 Å². The topological polar surface area (TPSA) is 38.1 Å². The number of rotatable bonds is 4. The van der Waals surface area contributed by atoms with Crippen LogP contribution < -0.4 is 0 Å². The number of carbonyl (C=O) groups excluding carboxylic acids is 1. The smallest absolute Gasteiger partial charge is 0.264 e. The summed E-state index contributed by atoms with van der Waals surface area (Å²) in [6, 6.07) is 1.98. The molecule has 24 heavy (non-hydrogen) atoms. The van der Waals surface area contributed by atoms with Gasteiger partial charge < -0.3 is 4.90 Å². The van der Waals surface area contributed by atoms with Crippen LogP contribution in [-0.2, 0) is 19.4 Å². The first kappa shape index (κ1) is 15.9. The maximum atomic E-state index is 12.9. The Kier molecular flexibility index (Phi) is 4.69. The minimum absolute atomic E-state index is 0.286. The Morgan fingerprint density at radius 1 is 1.25 bits per heavy atom. The third-order valence-electron chi connectivity index (χ3n) is 5.53. The molecular formula is C19H25N3OS. The van der Waals surface area contributed by atoms with E-state index in [4.69, 9.17) is 0 Å². The molecule has 1 fully saturated rings. The lowest BCUT2D eigenvalue weighted by Crippen LogP contribution is -2.38. The number of amides is 1. The predicted molar refractivity (Wildman–Crippen MR) is 96.4 cm³/mol. The van der Waals surface area contributed by atoms with E-state index in [2.05, 4.69) is 15.4 Å². The fourth-order valence-electron chi connectivity index (χ4n) is 4.01. The van der Waals surface area contributed by atoms with Crippen LogP contribution in [0.5, 0.6) is 0 Å². The molecular weight excluding hydrogens is 318 g/mol. The Bertz CT molecular complexity index is 684. The first-order valence-corrected chi connectivity index (χ1v) is 10.0. The van der Waals surface area contributed by atoms with Gasteiger partial charge in [-0.3, -0.25) is 9.48 Å². The highest BCUT2D eigenvalue weighted by Crippen LogP contribution is 2.32. The van der Waals surface area contributed by atoms with Crippen molar-refractivity contribution in [1.29, 1.82) is 0 Å². The van der Waals surface area contributed by atoms with Crippen molar-refractivity contribution in [2.45, 2.75) is 51.5 Å². The van der Waals surface area contributed by atoms with Gasteiger partial charge >= 0.3 is 0 Å². The second-order valence-corrected chi connectivity index (χ2v) is 7.95. The summed E-state index contributed by atoms with van der Waals surface area (Å²) in [6.45, 7) is 2.81. The lowest BCUT2D eigenvalue weighted by Gasteiger charge is -2.32. The SMILES string of the molecule is O=C(c1scc2c1CCCC2)N1CCC(CCn2cccn2)CC1. The van der Waals surface area contributed by atoms with Crippen molar-refractivity contribution in [2.75, 3.05) is 13.1 Å². The van der Waals surface area contributed by atoms with Gasteiger partial charge in [0.25, 0.3) is 5.91 Å². The van der Waals surface area contributed by atoms with Gasteiger partial charge in [0, 0.05) is 32.0 Å². The zero-order valence-corrected chi connectivity index (χ0v) is 14.9. The third-order valence-corrected chi connectivity index (χ3v) is 6.58. The number of piperidine rings is 1. The summed E-state index contributed by atoms with van der Waals surface area (Å²) in [6.07, 6.45) is 12.0. The van der Waals surface area contributed by atoms with Crippen molar-refractivity contribution in [2.24, 2.45) is 5.92 Å². The summed E-state index contributed by atoms with van der Waals surface area (Å²) in [5, 5.41) is 6.49. The molecule has 3 heterocycles. The number of hydrogen-bond acceptors (Lipinski definition) is 3. The van der Waals surface area contributed by atoms with E-state index in [0.717, 1.165) is 62.5 Å². The highest BCUT2D eigenvalue weighted by Gasteiger charge is 2.27. The lowest BCUT2D eigenvalue weighted by molar-refractivity contribution is 0.0688. The molecule has 0 atom stereocenters. The van der Waals surface area contributed by atoms with Crippen molar-refractivity contribution in [3.8, 4) is 0 Å². The van der Waals surface area contributed by atoms with Crippen molar-refractivity contribution in [1.82, 2.24) is 14.7 Å². The number of aromatic nitrogens is 2. The summed E-state index contributed by atoms with van der Waals surface area (Å²) in [7, 11) is 0. The molecule has 0 radical (unpaired) electrons. The highest BCUT2D eigenvalue weighted by atomic mass is 32.1. The molecule has 4 rings (SSSR count). The van der Waals surface area contributed by atoms with Gasteiger partial charge in [0.05, 0.1) is 4.88 Å². The summed E-state index contributed by atoms with van der Waals surface area (Å²) in [5.74, 6) is 1.00. The maximum absolute atomic E-state index is 12.9. The summed E-state index contributed by atoms with van der Waals surface area (Å²) < 4.78 is 2.01. The number of fused-ring (bicyclic) bond motifs is 1. The zero-order valence-electron chi connectivity index (χ0n) is 14.1. The van der Waals surface area contributed by atoms with Gasteiger partial charge in [-0.2, -0.15) is 5.10 Å². The van der Waals surface area contributed by atoms with Gasteiger partial charge in [-0.1, -0.05) is 0 Å². The van der Waals surface area contributed by atoms with Gasteiger partial charge in [0.2, 0.25) is 0 Å². The van der Waals surface area contributed by atoms with Gasteiger partial charge in [0.15, 0.2) is 0 Å². The summed E-state index contributed by atoms with van der Waals surface area (Å²) in [4.78, 5) is 16.0. The molecule has 2 aromatic rings. The number of nitrogens with zero attached hydrogens (tertiary/aromatic N) is 3. The van der Waals surface area contributed by atoms with E-state index in [1.807, 2.05) is 23.1 Å². The number of likely N-dealkylation sites (tertiary alicyclic amines) is 1. The first-order chi connectivity index (χ1) is 11.8. The molecule has 2 aliphatic rings. The van der Waals surface area contributed by atoms with Gasteiger partial charge in [-0.15, -0.1) is 11.3 Å². The maximum Gasteiger partial charge on any atom is 0.264 e. The average molecular weight is 343 g/mol. The summed E-state index contributed by atoms with van der Waals surface area (Å²) >= 11 is 1.67. The van der Waals surface area contributed by atoms with Crippen LogP contribution in [0.25, 0.3) is 0 Å². The van der Waals surface area contributed by atoms with E-state index in [9.17, 15) is 4.79 Å². The van der Waals surface area contributed by atoms with Crippen LogP contribution in [0.1, 0.15) is 52.9 Å². The molecule has 0 bridgehead atoms. The molecule has 1 amide bonds. The highest BCUT2D eigenvalue weighted by molar-refractivity contribution is 7.12. The zero-order chi connectivity index (χ0) is 16.4. The van der Waals surface area contributed by atoms with E-state index >= 15 is 0 Å². The predicted octanol–water partition coefficient (Wildman–Crippen LogP) is 3.77. The second kappa shape index (κ2) is 7.09. The molecule has 0 aromatic carbocycles. The first-order valence-electron chi connectivity index (χ1n) is 9.17. The molecule has 5 heteroatoms. The molecule has 1 saturated heterocycles. The quantitative estimate of drug-likeness (QED) is 0.847. The third kappa shape index (κ3) is 3.27. The minimum atomic E-state index is 0.286. The van der Waals surface area contributed by atoms with Gasteiger partial charge in [-0.25, -0.2) is 0 Å². The lowest BCUT2D eigenvalue weighted by atomic mass is 9.92. The van der Waals surface area contributed by atoms with Crippen molar-refractivity contribution < 1.29 is 4.79 Å². The monoisotopic (exact) mass is 343 g/mol. The molecule has 1 aliphatic heterocycles. The molecule has 0 spiro atoms. The molecule has 0 saturated carbocycles. The van der Waals surface area contributed by atoms with Crippen LogP contribution in [0, 0.1) is 5.92 Å². The van der Waals surface area contributed by atoms with Crippen LogP contribution in [-0.4, -0.2) is 33.7 Å². The van der Waals surface area contributed by atoms with Crippen LogP contribution in [0.2, 0.25) is 0 Å². The second-order valence-electron chi connectivity index (χ2n) is 7.07. The molecule has 128 valence electrons. The van der Waals surface area contributed by atoms with Crippen LogP contribution >= 0.6 is 11.3 Å². The molecule has 0 unspecified atom stereocenters. The van der Waals surface area contributed by atoms with E-state index in [1.165, 1.54) is 24.0 Å². The Morgan fingerprint density at radius 2 is 2.08 bits per heavy atom. The van der Waals surface area contributed by atoms with Crippen molar-refractivity contribution in [3.05, 3.63) is 39.8 Å². The Labute approximate surface area is 147 Å². The summed E-state index contributed by atoms with van der Waals surface area (Å²) in [5.41, 5.74) is 2.79.